The second-order valence-electron chi connectivity index (χ2n) is 4.14. The van der Waals surface area contributed by atoms with Crippen molar-refractivity contribution in [3.8, 4) is 0 Å². The SMILES string of the molecule is CN1CCC(CNc2ccc(N)nn2)C1. The van der Waals surface area contributed by atoms with Crippen molar-refractivity contribution in [2.24, 2.45) is 5.92 Å². The van der Waals surface area contributed by atoms with Crippen molar-refractivity contribution in [1.82, 2.24) is 15.1 Å². The van der Waals surface area contributed by atoms with Gasteiger partial charge in [0.25, 0.3) is 0 Å². The molecule has 5 heteroatoms. The van der Waals surface area contributed by atoms with Gasteiger partial charge in [-0.3, -0.25) is 0 Å². The summed E-state index contributed by atoms with van der Waals surface area (Å²) in [7, 11) is 2.16. The Morgan fingerprint density at radius 1 is 1.53 bits per heavy atom. The summed E-state index contributed by atoms with van der Waals surface area (Å²) in [5, 5.41) is 11.0. The Labute approximate surface area is 89.7 Å². The second-order valence-corrected chi connectivity index (χ2v) is 4.14. The van der Waals surface area contributed by atoms with Gasteiger partial charge in [0, 0.05) is 13.1 Å². The van der Waals surface area contributed by atoms with Crippen molar-refractivity contribution in [3.05, 3.63) is 12.1 Å². The summed E-state index contributed by atoms with van der Waals surface area (Å²) in [6.07, 6.45) is 1.26. The molecule has 1 fully saturated rings. The number of nitrogens with zero attached hydrogens (tertiary/aromatic N) is 3. The van der Waals surface area contributed by atoms with Crippen LogP contribution in [0.25, 0.3) is 0 Å². The van der Waals surface area contributed by atoms with Gasteiger partial charge in [-0.15, -0.1) is 10.2 Å². The van der Waals surface area contributed by atoms with Crippen molar-refractivity contribution < 1.29 is 0 Å². The van der Waals surface area contributed by atoms with E-state index in [2.05, 4.69) is 27.5 Å². The molecule has 0 saturated carbocycles. The molecule has 2 heterocycles. The molecule has 2 rings (SSSR count). The number of likely N-dealkylation sites (tertiary alicyclic amines) is 1. The number of hydrogen-bond donors (Lipinski definition) is 2. The summed E-state index contributed by atoms with van der Waals surface area (Å²) < 4.78 is 0. The number of nitrogens with two attached hydrogens (primary N) is 1. The Balaban J connectivity index is 1.80. The lowest BCUT2D eigenvalue weighted by Crippen LogP contribution is -2.19. The molecule has 82 valence electrons. The van der Waals surface area contributed by atoms with Crippen molar-refractivity contribution in [2.45, 2.75) is 6.42 Å². The smallest absolute Gasteiger partial charge is 0.148 e. The lowest BCUT2D eigenvalue weighted by atomic mass is 10.1. The number of anilines is 2. The predicted molar refractivity (Wildman–Crippen MR) is 60.5 cm³/mol. The summed E-state index contributed by atoms with van der Waals surface area (Å²) in [5.41, 5.74) is 5.46. The van der Waals surface area contributed by atoms with Gasteiger partial charge >= 0.3 is 0 Å². The minimum absolute atomic E-state index is 0.459. The Hall–Kier alpha value is -1.36. The van der Waals surface area contributed by atoms with Crippen LogP contribution in [-0.2, 0) is 0 Å². The van der Waals surface area contributed by atoms with E-state index in [9.17, 15) is 0 Å². The predicted octanol–water partition coefficient (Wildman–Crippen LogP) is 0.422. The van der Waals surface area contributed by atoms with Gasteiger partial charge in [-0.25, -0.2) is 0 Å². The zero-order valence-electron chi connectivity index (χ0n) is 8.98. The van der Waals surface area contributed by atoms with Gasteiger partial charge in [0.15, 0.2) is 0 Å². The zero-order chi connectivity index (χ0) is 10.7. The summed E-state index contributed by atoms with van der Waals surface area (Å²) in [6, 6.07) is 3.62. The van der Waals surface area contributed by atoms with Crippen LogP contribution in [0.4, 0.5) is 11.6 Å². The van der Waals surface area contributed by atoms with Gasteiger partial charge in [-0.1, -0.05) is 0 Å². The molecule has 5 nitrogen and oxygen atoms in total. The number of nitrogen functional groups attached to an aromatic ring is 1. The van der Waals surface area contributed by atoms with E-state index in [1.54, 1.807) is 6.07 Å². The fourth-order valence-corrected chi connectivity index (χ4v) is 1.88. The summed E-state index contributed by atoms with van der Waals surface area (Å²) in [6.45, 7) is 3.32. The third kappa shape index (κ3) is 2.79. The average molecular weight is 207 g/mol. The Kier molecular flexibility index (Phi) is 3.01. The summed E-state index contributed by atoms with van der Waals surface area (Å²) in [4.78, 5) is 2.35. The summed E-state index contributed by atoms with van der Waals surface area (Å²) in [5.74, 6) is 1.98. The van der Waals surface area contributed by atoms with Crippen LogP contribution in [0.5, 0.6) is 0 Å². The third-order valence-electron chi connectivity index (χ3n) is 2.75. The molecule has 0 aliphatic carbocycles. The Bertz CT molecular complexity index is 310. The number of nitrogens with one attached hydrogen (secondary N) is 1. The lowest BCUT2D eigenvalue weighted by Gasteiger charge is -2.11. The molecule has 0 aromatic carbocycles. The number of hydrogen-bond acceptors (Lipinski definition) is 5. The van der Waals surface area contributed by atoms with Gasteiger partial charge < -0.3 is 16.0 Å². The molecule has 0 radical (unpaired) electrons. The molecule has 1 aliphatic heterocycles. The van der Waals surface area contributed by atoms with E-state index < -0.39 is 0 Å². The molecule has 3 N–H and O–H groups in total. The Morgan fingerprint density at radius 2 is 2.40 bits per heavy atom. The lowest BCUT2D eigenvalue weighted by molar-refractivity contribution is 0.399. The number of rotatable bonds is 3. The molecule has 1 atom stereocenters. The molecular formula is C10H17N5. The molecule has 1 aromatic heterocycles. The minimum Gasteiger partial charge on any atom is -0.382 e. The van der Waals surface area contributed by atoms with E-state index >= 15 is 0 Å². The van der Waals surface area contributed by atoms with E-state index in [1.165, 1.54) is 13.0 Å². The highest BCUT2D eigenvalue weighted by molar-refractivity contribution is 5.38. The third-order valence-corrected chi connectivity index (χ3v) is 2.75. The average Bonchev–Trinajstić information content (AvgIpc) is 2.64. The highest BCUT2D eigenvalue weighted by Crippen LogP contribution is 2.14. The molecule has 15 heavy (non-hydrogen) atoms. The van der Waals surface area contributed by atoms with E-state index in [0.717, 1.165) is 18.9 Å². The molecule has 1 aromatic rings. The molecule has 1 unspecified atom stereocenters. The quantitative estimate of drug-likeness (QED) is 0.752. The van der Waals surface area contributed by atoms with Crippen molar-refractivity contribution >= 4 is 11.6 Å². The Morgan fingerprint density at radius 3 is 3.00 bits per heavy atom. The maximum atomic E-state index is 5.46. The van der Waals surface area contributed by atoms with Gasteiger partial charge in [-0.2, -0.15) is 0 Å². The van der Waals surface area contributed by atoms with E-state index in [1.807, 2.05) is 6.07 Å². The van der Waals surface area contributed by atoms with Crippen LogP contribution in [-0.4, -0.2) is 41.8 Å². The highest BCUT2D eigenvalue weighted by Gasteiger charge is 2.18. The first-order chi connectivity index (χ1) is 7.24. The van der Waals surface area contributed by atoms with Gasteiger partial charge in [0.1, 0.15) is 11.6 Å². The minimum atomic E-state index is 0.459. The van der Waals surface area contributed by atoms with Crippen LogP contribution in [0.3, 0.4) is 0 Å². The zero-order valence-corrected chi connectivity index (χ0v) is 8.98. The van der Waals surface area contributed by atoms with Crippen LogP contribution in [0.2, 0.25) is 0 Å². The molecular weight excluding hydrogens is 190 g/mol. The van der Waals surface area contributed by atoms with E-state index in [0.29, 0.717) is 11.7 Å². The van der Waals surface area contributed by atoms with Crippen LogP contribution in [0.15, 0.2) is 12.1 Å². The maximum Gasteiger partial charge on any atom is 0.148 e. The first kappa shape index (κ1) is 10.2. The largest absolute Gasteiger partial charge is 0.382 e. The van der Waals surface area contributed by atoms with Crippen molar-refractivity contribution in [3.63, 3.8) is 0 Å². The van der Waals surface area contributed by atoms with Gasteiger partial charge in [-0.05, 0) is 38.1 Å². The fourth-order valence-electron chi connectivity index (χ4n) is 1.88. The molecule has 0 spiro atoms. The van der Waals surface area contributed by atoms with Gasteiger partial charge in [0.05, 0.1) is 0 Å². The fraction of sp³-hybridized carbons (Fsp3) is 0.600. The normalized spacial score (nSPS) is 21.8. The molecule has 0 amide bonds. The molecule has 1 saturated heterocycles. The van der Waals surface area contributed by atoms with Crippen LogP contribution in [0.1, 0.15) is 6.42 Å². The monoisotopic (exact) mass is 207 g/mol. The van der Waals surface area contributed by atoms with Crippen molar-refractivity contribution in [2.75, 3.05) is 37.7 Å². The second kappa shape index (κ2) is 4.44. The first-order valence-corrected chi connectivity index (χ1v) is 5.25. The first-order valence-electron chi connectivity index (χ1n) is 5.25. The van der Waals surface area contributed by atoms with E-state index in [-0.39, 0.29) is 0 Å². The van der Waals surface area contributed by atoms with Gasteiger partial charge in [0.2, 0.25) is 0 Å². The van der Waals surface area contributed by atoms with E-state index in [4.69, 9.17) is 5.73 Å². The topological polar surface area (TPSA) is 67.1 Å². The molecule has 0 bridgehead atoms. The van der Waals surface area contributed by atoms with Crippen molar-refractivity contribution in [1.29, 1.82) is 0 Å². The maximum absolute atomic E-state index is 5.46. The van der Waals surface area contributed by atoms with Crippen LogP contribution < -0.4 is 11.1 Å². The molecule has 1 aliphatic rings. The number of aromatic nitrogens is 2. The summed E-state index contributed by atoms with van der Waals surface area (Å²) >= 11 is 0. The van der Waals surface area contributed by atoms with Crippen LogP contribution in [0, 0.1) is 5.92 Å². The standard InChI is InChI=1S/C10H17N5/c1-15-5-4-8(7-15)6-12-10-3-2-9(11)13-14-10/h2-3,8H,4-7H2,1H3,(H2,11,13)(H,12,14). The highest BCUT2D eigenvalue weighted by atomic mass is 15.2. The van der Waals surface area contributed by atoms with Crippen LogP contribution >= 0.6 is 0 Å².